The molecule has 0 spiro atoms. The fourth-order valence-electron chi connectivity index (χ4n) is 2.48. The average Bonchev–Trinajstić information content (AvgIpc) is 2.94. The maximum atomic E-state index is 12.7. The minimum atomic E-state index is -4.44. The van der Waals surface area contributed by atoms with Crippen LogP contribution in [-0.4, -0.2) is 26.2 Å². The molecule has 0 aliphatic rings. The Hall–Kier alpha value is -2.81. The SMILES string of the molecule is Cc1cc(C)n(-c2ccc(C(=O)Nc3ccccc3SC(F)(F)F)cn2)n1. The van der Waals surface area contributed by atoms with Crippen LogP contribution in [-0.2, 0) is 0 Å². The van der Waals surface area contributed by atoms with Gasteiger partial charge in [0, 0.05) is 16.8 Å². The van der Waals surface area contributed by atoms with Gasteiger partial charge in [0.15, 0.2) is 5.82 Å². The standard InChI is InChI=1S/C18H15F3N4OS/c1-11-9-12(2)25(24-11)16-8-7-13(10-22-16)17(26)23-14-5-3-4-6-15(14)27-18(19,20)21/h3-10H,1-2H3,(H,23,26). The van der Waals surface area contributed by atoms with Gasteiger partial charge in [0.1, 0.15) is 0 Å². The molecule has 0 unspecified atom stereocenters. The number of benzene rings is 1. The molecule has 5 nitrogen and oxygen atoms in total. The molecule has 3 rings (SSSR count). The summed E-state index contributed by atoms with van der Waals surface area (Å²) in [6, 6.07) is 10.8. The summed E-state index contributed by atoms with van der Waals surface area (Å²) in [7, 11) is 0. The highest BCUT2D eigenvalue weighted by Crippen LogP contribution is 2.40. The number of halogens is 3. The first kappa shape index (κ1) is 19.0. The molecule has 0 atom stereocenters. The van der Waals surface area contributed by atoms with E-state index in [-0.39, 0.29) is 27.9 Å². The zero-order valence-electron chi connectivity index (χ0n) is 14.4. The number of aryl methyl sites for hydroxylation is 2. The van der Waals surface area contributed by atoms with Gasteiger partial charge in [-0.15, -0.1) is 0 Å². The first-order chi connectivity index (χ1) is 12.7. The van der Waals surface area contributed by atoms with Crippen LogP contribution in [0.2, 0.25) is 0 Å². The lowest BCUT2D eigenvalue weighted by Gasteiger charge is -2.12. The van der Waals surface area contributed by atoms with E-state index in [0.29, 0.717) is 5.82 Å². The van der Waals surface area contributed by atoms with Gasteiger partial charge in [-0.1, -0.05) is 12.1 Å². The summed E-state index contributed by atoms with van der Waals surface area (Å²) in [5.74, 6) is 0.00261. The number of alkyl halides is 3. The summed E-state index contributed by atoms with van der Waals surface area (Å²) in [5.41, 5.74) is -2.38. The quantitative estimate of drug-likeness (QED) is 0.651. The number of nitrogens with one attached hydrogen (secondary N) is 1. The number of anilines is 1. The number of pyridine rings is 1. The van der Waals surface area contributed by atoms with Crippen molar-refractivity contribution in [1.82, 2.24) is 14.8 Å². The van der Waals surface area contributed by atoms with E-state index in [1.165, 1.54) is 24.4 Å². The maximum Gasteiger partial charge on any atom is 0.446 e. The topological polar surface area (TPSA) is 59.8 Å². The Balaban J connectivity index is 1.79. The summed E-state index contributed by atoms with van der Waals surface area (Å²) >= 11 is -0.274. The van der Waals surface area contributed by atoms with Gasteiger partial charge in [0.2, 0.25) is 0 Å². The Morgan fingerprint density at radius 2 is 1.89 bits per heavy atom. The second-order valence-electron chi connectivity index (χ2n) is 5.74. The van der Waals surface area contributed by atoms with E-state index in [9.17, 15) is 18.0 Å². The predicted molar refractivity (Wildman–Crippen MR) is 97.1 cm³/mol. The van der Waals surface area contributed by atoms with Gasteiger partial charge in [-0.05, 0) is 55.9 Å². The number of carbonyl (C=O) groups is 1. The van der Waals surface area contributed by atoms with Crippen LogP contribution in [0.5, 0.6) is 0 Å². The minimum absolute atomic E-state index is 0.0782. The maximum absolute atomic E-state index is 12.7. The zero-order valence-corrected chi connectivity index (χ0v) is 15.2. The van der Waals surface area contributed by atoms with E-state index in [1.54, 1.807) is 22.9 Å². The number of aromatic nitrogens is 3. The van der Waals surface area contributed by atoms with Crippen LogP contribution in [0.3, 0.4) is 0 Å². The monoisotopic (exact) mass is 392 g/mol. The van der Waals surface area contributed by atoms with Crippen molar-refractivity contribution in [3.8, 4) is 5.82 Å². The number of hydrogen-bond donors (Lipinski definition) is 1. The lowest BCUT2D eigenvalue weighted by atomic mass is 10.2. The molecule has 1 N–H and O–H groups in total. The van der Waals surface area contributed by atoms with Crippen molar-refractivity contribution in [1.29, 1.82) is 0 Å². The molecule has 140 valence electrons. The summed E-state index contributed by atoms with van der Waals surface area (Å²) in [4.78, 5) is 16.5. The Morgan fingerprint density at radius 3 is 2.48 bits per heavy atom. The summed E-state index contributed by atoms with van der Waals surface area (Å²) < 4.78 is 39.6. The Morgan fingerprint density at radius 1 is 1.15 bits per heavy atom. The molecule has 2 heterocycles. The lowest BCUT2D eigenvalue weighted by molar-refractivity contribution is -0.0328. The minimum Gasteiger partial charge on any atom is -0.321 e. The highest BCUT2D eigenvalue weighted by Gasteiger charge is 2.30. The molecule has 0 saturated carbocycles. The fourth-order valence-corrected chi connectivity index (χ4v) is 3.11. The highest BCUT2D eigenvalue weighted by molar-refractivity contribution is 8.00. The van der Waals surface area contributed by atoms with E-state index in [2.05, 4.69) is 15.4 Å². The van der Waals surface area contributed by atoms with Gasteiger partial charge >= 0.3 is 5.51 Å². The fraction of sp³-hybridized carbons (Fsp3) is 0.167. The third-order valence-corrected chi connectivity index (χ3v) is 4.40. The molecule has 2 aromatic heterocycles. The van der Waals surface area contributed by atoms with Crippen molar-refractivity contribution >= 4 is 23.4 Å². The van der Waals surface area contributed by atoms with Crippen molar-refractivity contribution in [3.05, 3.63) is 65.6 Å². The summed E-state index contributed by atoms with van der Waals surface area (Å²) in [6.45, 7) is 3.75. The van der Waals surface area contributed by atoms with Crippen LogP contribution in [0, 0.1) is 13.8 Å². The van der Waals surface area contributed by atoms with Crippen molar-refractivity contribution < 1.29 is 18.0 Å². The molecule has 0 aliphatic heterocycles. The van der Waals surface area contributed by atoms with E-state index in [0.717, 1.165) is 11.4 Å². The molecule has 0 bridgehead atoms. The van der Waals surface area contributed by atoms with Crippen molar-refractivity contribution in [2.45, 2.75) is 24.3 Å². The third-order valence-electron chi connectivity index (χ3n) is 3.60. The molecular weight excluding hydrogens is 377 g/mol. The van der Waals surface area contributed by atoms with Gasteiger partial charge in [-0.3, -0.25) is 4.79 Å². The second-order valence-corrected chi connectivity index (χ2v) is 6.85. The zero-order chi connectivity index (χ0) is 19.6. The van der Waals surface area contributed by atoms with Crippen LogP contribution in [0.25, 0.3) is 5.82 Å². The molecule has 0 saturated heterocycles. The first-order valence-corrected chi connectivity index (χ1v) is 8.70. The summed E-state index contributed by atoms with van der Waals surface area (Å²) in [6.07, 6.45) is 1.36. The van der Waals surface area contributed by atoms with Gasteiger partial charge in [-0.25, -0.2) is 9.67 Å². The van der Waals surface area contributed by atoms with Crippen LogP contribution in [0.4, 0.5) is 18.9 Å². The van der Waals surface area contributed by atoms with Crippen LogP contribution in [0.15, 0.2) is 53.6 Å². The Bertz CT molecular complexity index is 967. The third kappa shape index (κ3) is 4.68. The number of hydrogen-bond acceptors (Lipinski definition) is 4. The number of thioether (sulfide) groups is 1. The van der Waals surface area contributed by atoms with Crippen molar-refractivity contribution in [2.75, 3.05) is 5.32 Å². The van der Waals surface area contributed by atoms with Gasteiger partial charge in [0.05, 0.1) is 16.9 Å². The Labute approximate surface area is 157 Å². The van der Waals surface area contributed by atoms with Crippen LogP contribution >= 0.6 is 11.8 Å². The number of amides is 1. The van der Waals surface area contributed by atoms with Crippen LogP contribution in [0.1, 0.15) is 21.7 Å². The molecule has 0 aliphatic carbocycles. The predicted octanol–water partition coefficient (Wildman–Crippen LogP) is 4.75. The highest BCUT2D eigenvalue weighted by atomic mass is 32.2. The molecule has 9 heteroatoms. The number of nitrogens with zero attached hydrogens (tertiary/aromatic N) is 3. The molecule has 1 amide bonds. The molecule has 1 aromatic carbocycles. The molecule has 27 heavy (non-hydrogen) atoms. The van der Waals surface area contributed by atoms with Gasteiger partial charge < -0.3 is 5.32 Å². The van der Waals surface area contributed by atoms with Gasteiger partial charge in [0.25, 0.3) is 5.91 Å². The molecule has 3 aromatic rings. The average molecular weight is 392 g/mol. The normalized spacial score (nSPS) is 11.4. The van der Waals surface area contributed by atoms with Crippen molar-refractivity contribution in [3.63, 3.8) is 0 Å². The molecule has 0 radical (unpaired) electrons. The number of carbonyl (C=O) groups excluding carboxylic acids is 1. The smallest absolute Gasteiger partial charge is 0.321 e. The second kappa shape index (κ2) is 7.43. The lowest BCUT2D eigenvalue weighted by Crippen LogP contribution is -2.14. The molecule has 0 fully saturated rings. The van der Waals surface area contributed by atoms with E-state index >= 15 is 0 Å². The Kier molecular flexibility index (Phi) is 5.22. The van der Waals surface area contributed by atoms with Crippen LogP contribution < -0.4 is 5.32 Å². The van der Waals surface area contributed by atoms with E-state index in [4.69, 9.17) is 0 Å². The van der Waals surface area contributed by atoms with Crippen molar-refractivity contribution in [2.24, 2.45) is 0 Å². The largest absolute Gasteiger partial charge is 0.446 e. The first-order valence-electron chi connectivity index (χ1n) is 7.89. The number of para-hydroxylation sites is 1. The molecular formula is C18H15F3N4OS. The number of rotatable bonds is 4. The van der Waals surface area contributed by atoms with Gasteiger partial charge in [-0.2, -0.15) is 18.3 Å². The summed E-state index contributed by atoms with van der Waals surface area (Å²) in [5, 5.41) is 6.81. The van der Waals surface area contributed by atoms with E-state index in [1.807, 2.05) is 19.9 Å². The van der Waals surface area contributed by atoms with E-state index < -0.39 is 11.4 Å².